The molecule has 2 aromatic rings. The van der Waals surface area contributed by atoms with Gasteiger partial charge in [-0.05, 0) is 17.0 Å². The summed E-state index contributed by atoms with van der Waals surface area (Å²) in [4.78, 5) is 11.5. The molecule has 2 aromatic carbocycles. The Morgan fingerprint density at radius 2 is 1.33 bits per heavy atom. The predicted molar refractivity (Wildman–Crippen MR) is 71.7 cm³/mol. The lowest BCUT2D eigenvalue weighted by Crippen LogP contribution is -2.18. The molecule has 0 aliphatic heterocycles. The molecule has 18 heavy (non-hydrogen) atoms. The molecule has 2 nitrogen and oxygen atoms in total. The van der Waals surface area contributed by atoms with E-state index in [1.807, 2.05) is 67.6 Å². The van der Waals surface area contributed by atoms with Crippen molar-refractivity contribution in [2.45, 2.75) is 18.8 Å². The highest BCUT2D eigenvalue weighted by molar-refractivity contribution is 5.77. The van der Waals surface area contributed by atoms with E-state index < -0.39 is 11.9 Å². The van der Waals surface area contributed by atoms with E-state index in [4.69, 9.17) is 0 Å². The van der Waals surface area contributed by atoms with Crippen molar-refractivity contribution in [2.24, 2.45) is 0 Å². The SMILES string of the molecule is C[C@@H](c1ccccc1)[C@@H](C(=O)O)c1ccccc1. The van der Waals surface area contributed by atoms with Crippen LogP contribution in [0.2, 0.25) is 0 Å². The van der Waals surface area contributed by atoms with Gasteiger partial charge in [0.25, 0.3) is 0 Å². The van der Waals surface area contributed by atoms with Crippen molar-refractivity contribution >= 4 is 5.97 Å². The highest BCUT2D eigenvalue weighted by Gasteiger charge is 2.27. The first-order valence-electron chi connectivity index (χ1n) is 6.03. The van der Waals surface area contributed by atoms with Crippen molar-refractivity contribution < 1.29 is 9.90 Å². The Kier molecular flexibility index (Phi) is 3.78. The summed E-state index contributed by atoms with van der Waals surface area (Å²) >= 11 is 0. The summed E-state index contributed by atoms with van der Waals surface area (Å²) in [6, 6.07) is 19.2. The minimum atomic E-state index is -0.780. The summed E-state index contributed by atoms with van der Waals surface area (Å²) in [5, 5.41) is 9.46. The van der Waals surface area contributed by atoms with E-state index in [1.165, 1.54) is 0 Å². The first-order chi connectivity index (χ1) is 8.70. The van der Waals surface area contributed by atoms with Gasteiger partial charge >= 0.3 is 5.97 Å². The Labute approximate surface area is 107 Å². The maximum Gasteiger partial charge on any atom is 0.311 e. The molecule has 0 unspecified atom stereocenters. The third kappa shape index (κ3) is 2.59. The summed E-state index contributed by atoms with van der Waals surface area (Å²) in [6.45, 7) is 1.96. The van der Waals surface area contributed by atoms with E-state index in [2.05, 4.69) is 0 Å². The second kappa shape index (κ2) is 5.50. The van der Waals surface area contributed by atoms with Crippen LogP contribution < -0.4 is 0 Å². The van der Waals surface area contributed by atoms with E-state index in [1.54, 1.807) is 0 Å². The van der Waals surface area contributed by atoms with Gasteiger partial charge in [-0.15, -0.1) is 0 Å². The fraction of sp³-hybridized carbons (Fsp3) is 0.188. The molecule has 0 heterocycles. The molecule has 0 saturated heterocycles. The van der Waals surface area contributed by atoms with Gasteiger partial charge in [0.1, 0.15) is 0 Å². The molecular weight excluding hydrogens is 224 g/mol. The molecule has 0 aromatic heterocycles. The third-order valence-electron chi connectivity index (χ3n) is 3.25. The Balaban J connectivity index is 2.35. The Morgan fingerprint density at radius 3 is 1.78 bits per heavy atom. The summed E-state index contributed by atoms with van der Waals surface area (Å²) < 4.78 is 0. The smallest absolute Gasteiger partial charge is 0.311 e. The number of rotatable bonds is 4. The number of carboxylic acids is 1. The van der Waals surface area contributed by atoms with Crippen LogP contribution in [0.4, 0.5) is 0 Å². The molecule has 0 aliphatic rings. The summed E-state index contributed by atoms with van der Waals surface area (Å²) in [6.07, 6.45) is 0. The van der Waals surface area contributed by atoms with Crippen LogP contribution in [0.25, 0.3) is 0 Å². The lowest BCUT2D eigenvalue weighted by atomic mass is 9.83. The van der Waals surface area contributed by atoms with Gasteiger partial charge in [0, 0.05) is 0 Å². The Morgan fingerprint density at radius 1 is 0.889 bits per heavy atom. The summed E-state index contributed by atoms with van der Waals surface area (Å²) in [5.74, 6) is -1.34. The third-order valence-corrected chi connectivity index (χ3v) is 3.25. The van der Waals surface area contributed by atoms with Gasteiger partial charge < -0.3 is 5.11 Å². The predicted octanol–water partition coefficient (Wildman–Crippen LogP) is 3.66. The van der Waals surface area contributed by atoms with E-state index in [0.717, 1.165) is 11.1 Å². The standard InChI is InChI=1S/C16H16O2/c1-12(13-8-4-2-5-9-13)15(16(17)18)14-10-6-3-7-11-14/h2-12,15H,1H3,(H,17,18)/t12-,15+/m0/s1. The van der Waals surface area contributed by atoms with Crippen molar-refractivity contribution in [2.75, 3.05) is 0 Å². The number of carboxylic acid groups (broad SMARTS) is 1. The molecule has 0 aliphatic carbocycles. The van der Waals surface area contributed by atoms with Gasteiger partial charge in [-0.2, -0.15) is 0 Å². The van der Waals surface area contributed by atoms with Crippen molar-refractivity contribution in [1.29, 1.82) is 0 Å². The van der Waals surface area contributed by atoms with Crippen LogP contribution in [0.5, 0.6) is 0 Å². The van der Waals surface area contributed by atoms with Crippen LogP contribution in [0.3, 0.4) is 0 Å². The topological polar surface area (TPSA) is 37.3 Å². The van der Waals surface area contributed by atoms with Crippen molar-refractivity contribution in [3.63, 3.8) is 0 Å². The molecular formula is C16H16O2. The second-order valence-corrected chi connectivity index (χ2v) is 4.43. The van der Waals surface area contributed by atoms with Crippen LogP contribution in [0.15, 0.2) is 60.7 Å². The average molecular weight is 240 g/mol. The number of hydrogen-bond acceptors (Lipinski definition) is 1. The van der Waals surface area contributed by atoms with E-state index >= 15 is 0 Å². The number of hydrogen-bond donors (Lipinski definition) is 1. The molecule has 0 spiro atoms. The molecule has 0 radical (unpaired) electrons. The van der Waals surface area contributed by atoms with Gasteiger partial charge in [0.05, 0.1) is 5.92 Å². The van der Waals surface area contributed by atoms with Crippen LogP contribution in [-0.4, -0.2) is 11.1 Å². The highest BCUT2D eigenvalue weighted by atomic mass is 16.4. The minimum absolute atomic E-state index is 0.0499. The van der Waals surface area contributed by atoms with E-state index in [-0.39, 0.29) is 5.92 Å². The fourth-order valence-corrected chi connectivity index (χ4v) is 2.25. The molecule has 0 fully saturated rings. The van der Waals surface area contributed by atoms with E-state index in [0.29, 0.717) is 0 Å². The monoisotopic (exact) mass is 240 g/mol. The molecule has 0 bridgehead atoms. The molecule has 1 N–H and O–H groups in total. The van der Waals surface area contributed by atoms with Crippen LogP contribution in [-0.2, 0) is 4.79 Å². The normalized spacial score (nSPS) is 13.8. The van der Waals surface area contributed by atoms with Crippen LogP contribution >= 0.6 is 0 Å². The van der Waals surface area contributed by atoms with Crippen molar-refractivity contribution in [1.82, 2.24) is 0 Å². The maximum atomic E-state index is 11.5. The lowest BCUT2D eigenvalue weighted by Gasteiger charge is -2.21. The van der Waals surface area contributed by atoms with E-state index in [9.17, 15) is 9.90 Å². The molecule has 92 valence electrons. The zero-order valence-electron chi connectivity index (χ0n) is 10.3. The number of aliphatic carboxylic acids is 1. The molecule has 2 rings (SSSR count). The summed E-state index contributed by atoms with van der Waals surface area (Å²) in [7, 11) is 0. The highest BCUT2D eigenvalue weighted by Crippen LogP contribution is 2.32. The quantitative estimate of drug-likeness (QED) is 0.885. The Hall–Kier alpha value is -2.09. The minimum Gasteiger partial charge on any atom is -0.481 e. The zero-order valence-corrected chi connectivity index (χ0v) is 10.3. The fourth-order valence-electron chi connectivity index (χ4n) is 2.25. The molecule has 2 heteroatoms. The Bertz CT molecular complexity index is 505. The second-order valence-electron chi connectivity index (χ2n) is 4.43. The van der Waals surface area contributed by atoms with Gasteiger partial charge in [-0.25, -0.2) is 0 Å². The van der Waals surface area contributed by atoms with Gasteiger partial charge in [0.2, 0.25) is 0 Å². The molecule has 2 atom stereocenters. The average Bonchev–Trinajstić information content (AvgIpc) is 2.40. The van der Waals surface area contributed by atoms with Gasteiger partial charge in [-0.3, -0.25) is 4.79 Å². The number of carbonyl (C=O) groups is 1. The number of benzene rings is 2. The van der Waals surface area contributed by atoms with Gasteiger partial charge in [-0.1, -0.05) is 67.6 Å². The van der Waals surface area contributed by atoms with Crippen molar-refractivity contribution in [3.05, 3.63) is 71.8 Å². The van der Waals surface area contributed by atoms with Crippen LogP contribution in [0.1, 0.15) is 29.9 Å². The first-order valence-corrected chi connectivity index (χ1v) is 6.03. The largest absolute Gasteiger partial charge is 0.481 e. The lowest BCUT2D eigenvalue weighted by molar-refractivity contribution is -0.139. The zero-order chi connectivity index (χ0) is 13.0. The van der Waals surface area contributed by atoms with Gasteiger partial charge in [0.15, 0.2) is 0 Å². The summed E-state index contributed by atoms with van der Waals surface area (Å²) in [5.41, 5.74) is 1.90. The van der Waals surface area contributed by atoms with Crippen LogP contribution in [0, 0.1) is 0 Å². The molecule has 0 saturated carbocycles. The first kappa shape index (κ1) is 12.4. The van der Waals surface area contributed by atoms with Crippen molar-refractivity contribution in [3.8, 4) is 0 Å². The maximum absolute atomic E-state index is 11.5. The molecule has 0 amide bonds.